The highest BCUT2D eigenvalue weighted by atomic mass is 79.9. The molecule has 1 aromatic carbocycles. The van der Waals surface area contributed by atoms with E-state index in [1.165, 1.54) is 0 Å². The molecule has 0 spiro atoms. The van der Waals surface area contributed by atoms with Gasteiger partial charge in [-0.25, -0.2) is 4.68 Å². The molecule has 3 heterocycles. The van der Waals surface area contributed by atoms with Gasteiger partial charge in [-0.05, 0) is 33.6 Å². The van der Waals surface area contributed by atoms with Crippen molar-refractivity contribution >= 4 is 21.8 Å². The van der Waals surface area contributed by atoms with Crippen molar-refractivity contribution in [1.82, 2.24) is 15.1 Å². The van der Waals surface area contributed by atoms with Crippen LogP contribution in [0.3, 0.4) is 0 Å². The van der Waals surface area contributed by atoms with E-state index in [-0.39, 0.29) is 12.7 Å². The molecule has 4 rings (SSSR count). The third-order valence-electron chi connectivity index (χ3n) is 3.71. The number of carbonyl (C=O) groups excluding carboxylic acids is 1. The number of amides is 1. The molecule has 2 aliphatic heterocycles. The Bertz CT molecular complexity index is 774. The molecule has 1 amide bonds. The first-order valence-electron chi connectivity index (χ1n) is 7.28. The number of aryl methyl sites for hydroxylation is 1. The van der Waals surface area contributed by atoms with Crippen molar-refractivity contribution in [3.63, 3.8) is 0 Å². The van der Waals surface area contributed by atoms with E-state index in [1.807, 2.05) is 18.2 Å². The van der Waals surface area contributed by atoms with Crippen LogP contribution in [0.5, 0.6) is 17.4 Å². The van der Waals surface area contributed by atoms with Crippen molar-refractivity contribution < 1.29 is 19.0 Å². The van der Waals surface area contributed by atoms with Gasteiger partial charge in [0.05, 0.1) is 6.61 Å². The Labute approximate surface area is 140 Å². The van der Waals surface area contributed by atoms with Crippen LogP contribution in [0.1, 0.15) is 22.5 Å². The quantitative estimate of drug-likeness (QED) is 0.883. The summed E-state index contributed by atoms with van der Waals surface area (Å²) < 4.78 is 18.4. The fourth-order valence-corrected chi connectivity index (χ4v) is 3.14. The molecule has 7 nitrogen and oxygen atoms in total. The van der Waals surface area contributed by atoms with Crippen molar-refractivity contribution in [1.29, 1.82) is 0 Å². The first kappa shape index (κ1) is 14.4. The fraction of sp³-hybridized carbons (Fsp3) is 0.333. The van der Waals surface area contributed by atoms with Crippen LogP contribution >= 0.6 is 15.9 Å². The molecule has 0 saturated heterocycles. The summed E-state index contributed by atoms with van der Waals surface area (Å²) in [5.74, 6) is 1.79. The second-order valence-electron chi connectivity index (χ2n) is 5.26. The normalized spacial score (nSPS) is 15.0. The van der Waals surface area contributed by atoms with Gasteiger partial charge in [-0.15, -0.1) is 0 Å². The maximum absolute atomic E-state index is 12.4. The Hall–Kier alpha value is -2.22. The summed E-state index contributed by atoms with van der Waals surface area (Å²) in [5.41, 5.74) is 1.27. The van der Waals surface area contributed by atoms with Gasteiger partial charge < -0.3 is 19.5 Å². The number of carbonyl (C=O) groups is 1. The molecule has 0 radical (unpaired) electrons. The number of halogens is 1. The second-order valence-corrected chi connectivity index (χ2v) is 6.06. The zero-order valence-electron chi connectivity index (χ0n) is 12.2. The van der Waals surface area contributed by atoms with Gasteiger partial charge in [0.1, 0.15) is 4.47 Å². The highest BCUT2D eigenvalue weighted by molar-refractivity contribution is 9.10. The predicted molar refractivity (Wildman–Crippen MR) is 83.8 cm³/mol. The largest absolute Gasteiger partial charge is 0.477 e. The van der Waals surface area contributed by atoms with Gasteiger partial charge in [0.2, 0.25) is 12.7 Å². The van der Waals surface area contributed by atoms with E-state index >= 15 is 0 Å². The van der Waals surface area contributed by atoms with Crippen molar-refractivity contribution in [2.24, 2.45) is 0 Å². The first-order chi connectivity index (χ1) is 11.2. The van der Waals surface area contributed by atoms with Crippen LogP contribution < -0.4 is 19.5 Å². The molecular formula is C15H14BrN3O4. The molecule has 120 valence electrons. The molecule has 0 saturated carbocycles. The van der Waals surface area contributed by atoms with E-state index in [0.717, 1.165) is 24.3 Å². The first-order valence-corrected chi connectivity index (χ1v) is 8.07. The average Bonchev–Trinajstić information content (AvgIpc) is 3.17. The lowest BCUT2D eigenvalue weighted by Crippen LogP contribution is -2.24. The molecule has 0 bridgehead atoms. The van der Waals surface area contributed by atoms with Gasteiger partial charge in [-0.1, -0.05) is 6.07 Å². The Morgan fingerprint density at radius 2 is 2.17 bits per heavy atom. The number of hydrogen-bond acceptors (Lipinski definition) is 5. The second kappa shape index (κ2) is 5.77. The lowest BCUT2D eigenvalue weighted by atomic mass is 10.2. The molecular weight excluding hydrogens is 366 g/mol. The molecule has 0 aliphatic carbocycles. The van der Waals surface area contributed by atoms with E-state index < -0.39 is 0 Å². The van der Waals surface area contributed by atoms with Crippen LogP contribution in [-0.4, -0.2) is 29.1 Å². The van der Waals surface area contributed by atoms with Gasteiger partial charge >= 0.3 is 0 Å². The molecule has 0 fully saturated rings. The Morgan fingerprint density at radius 1 is 1.30 bits per heavy atom. The molecule has 2 aromatic rings. The van der Waals surface area contributed by atoms with Crippen molar-refractivity contribution in [2.75, 3.05) is 13.4 Å². The lowest BCUT2D eigenvalue weighted by molar-refractivity contribution is 0.0944. The zero-order chi connectivity index (χ0) is 15.8. The summed E-state index contributed by atoms with van der Waals surface area (Å²) in [7, 11) is 0. The summed E-state index contributed by atoms with van der Waals surface area (Å²) in [6.45, 7) is 2.01. The standard InChI is InChI=1S/C15H14BrN3O4/c16-12-13(18-19-4-1-5-21-15(12)19)14(20)17-7-9-2-3-10-11(6-9)23-8-22-10/h2-3,6H,1,4-5,7-8H2,(H,17,20). The SMILES string of the molecule is O=C(NCc1ccc2c(c1)OCO2)c1nn2c(c1Br)OCCC2. The number of hydrogen-bond donors (Lipinski definition) is 1. The predicted octanol–water partition coefficient (Wildman–Crippen LogP) is 2.09. The highest BCUT2D eigenvalue weighted by Crippen LogP contribution is 2.33. The number of aromatic nitrogens is 2. The maximum Gasteiger partial charge on any atom is 0.273 e. The minimum absolute atomic E-state index is 0.234. The Kier molecular flexibility index (Phi) is 3.60. The summed E-state index contributed by atoms with van der Waals surface area (Å²) in [4.78, 5) is 12.4. The zero-order valence-corrected chi connectivity index (χ0v) is 13.8. The van der Waals surface area contributed by atoms with E-state index in [4.69, 9.17) is 14.2 Å². The van der Waals surface area contributed by atoms with Crippen LogP contribution in [0, 0.1) is 0 Å². The Morgan fingerprint density at radius 3 is 3.04 bits per heavy atom. The third-order valence-corrected chi connectivity index (χ3v) is 4.42. The van der Waals surface area contributed by atoms with Gasteiger partial charge in [-0.2, -0.15) is 5.10 Å². The van der Waals surface area contributed by atoms with Crippen molar-refractivity contribution in [3.05, 3.63) is 33.9 Å². The summed E-state index contributed by atoms with van der Waals surface area (Å²) in [5, 5.41) is 7.17. The van der Waals surface area contributed by atoms with Crippen LogP contribution in [0.2, 0.25) is 0 Å². The minimum atomic E-state index is -0.250. The van der Waals surface area contributed by atoms with Crippen LogP contribution in [0.15, 0.2) is 22.7 Å². The average molecular weight is 380 g/mol. The van der Waals surface area contributed by atoms with Crippen LogP contribution in [-0.2, 0) is 13.1 Å². The summed E-state index contributed by atoms with van der Waals surface area (Å²) in [6, 6.07) is 5.59. The minimum Gasteiger partial charge on any atom is -0.477 e. The van der Waals surface area contributed by atoms with Crippen LogP contribution in [0.4, 0.5) is 0 Å². The number of benzene rings is 1. The number of rotatable bonds is 3. The highest BCUT2D eigenvalue weighted by Gasteiger charge is 2.24. The molecule has 1 N–H and O–H groups in total. The number of nitrogens with zero attached hydrogens (tertiary/aromatic N) is 2. The smallest absolute Gasteiger partial charge is 0.273 e. The van der Waals surface area contributed by atoms with Crippen molar-refractivity contribution in [2.45, 2.75) is 19.5 Å². The Balaban J connectivity index is 1.47. The van der Waals surface area contributed by atoms with Gasteiger partial charge in [0.25, 0.3) is 5.91 Å². The van der Waals surface area contributed by atoms with Crippen LogP contribution in [0.25, 0.3) is 0 Å². The number of nitrogens with one attached hydrogen (secondary N) is 1. The summed E-state index contributed by atoms with van der Waals surface area (Å²) >= 11 is 3.40. The van der Waals surface area contributed by atoms with E-state index in [2.05, 4.69) is 26.3 Å². The lowest BCUT2D eigenvalue weighted by Gasteiger charge is -2.14. The topological polar surface area (TPSA) is 74.6 Å². The fourth-order valence-electron chi connectivity index (χ4n) is 2.56. The van der Waals surface area contributed by atoms with Gasteiger partial charge in [0.15, 0.2) is 17.2 Å². The molecule has 8 heteroatoms. The maximum atomic E-state index is 12.4. The molecule has 23 heavy (non-hydrogen) atoms. The number of ether oxygens (including phenoxy) is 3. The molecule has 0 unspecified atom stereocenters. The third kappa shape index (κ3) is 2.63. The monoisotopic (exact) mass is 379 g/mol. The van der Waals surface area contributed by atoms with Gasteiger partial charge in [0, 0.05) is 19.5 Å². The summed E-state index contributed by atoms with van der Waals surface area (Å²) in [6.07, 6.45) is 0.888. The molecule has 2 aliphatic rings. The van der Waals surface area contributed by atoms with Gasteiger partial charge in [-0.3, -0.25) is 4.79 Å². The van der Waals surface area contributed by atoms with E-state index in [0.29, 0.717) is 34.9 Å². The van der Waals surface area contributed by atoms with E-state index in [9.17, 15) is 4.79 Å². The van der Waals surface area contributed by atoms with Crippen molar-refractivity contribution in [3.8, 4) is 17.4 Å². The number of fused-ring (bicyclic) bond motifs is 2. The molecule has 0 atom stereocenters. The molecule has 1 aromatic heterocycles. The van der Waals surface area contributed by atoms with E-state index in [1.54, 1.807) is 4.68 Å².